The average Bonchev–Trinajstić information content (AvgIpc) is 2.86. The minimum absolute atomic E-state index is 0.184. The van der Waals surface area contributed by atoms with Crippen molar-refractivity contribution < 1.29 is 4.39 Å². The monoisotopic (exact) mass is 261 g/mol. The Balaban J connectivity index is 1.84. The molecular weight excluding hydrogens is 241 g/mol. The number of nitrogens with zero attached hydrogens (tertiary/aromatic N) is 2. The lowest BCUT2D eigenvalue weighted by Crippen LogP contribution is -2.28. The molecule has 0 bridgehead atoms. The van der Waals surface area contributed by atoms with Crippen molar-refractivity contribution in [2.24, 2.45) is 0 Å². The summed E-state index contributed by atoms with van der Waals surface area (Å²) >= 11 is 0. The summed E-state index contributed by atoms with van der Waals surface area (Å²) in [4.78, 5) is 0. The molecule has 3 nitrogen and oxygen atoms in total. The molecule has 1 N–H and O–H groups in total. The zero-order valence-electron chi connectivity index (χ0n) is 11.4. The Kier molecular flexibility index (Phi) is 4.68. The Morgan fingerprint density at radius 1 is 1.26 bits per heavy atom. The summed E-state index contributed by atoms with van der Waals surface area (Å²) in [6, 6.07) is 9.06. The molecule has 2 rings (SSSR count). The van der Waals surface area contributed by atoms with Crippen LogP contribution in [0.4, 0.5) is 4.39 Å². The second-order valence-electron chi connectivity index (χ2n) is 4.75. The third-order valence-electron chi connectivity index (χ3n) is 3.19. The van der Waals surface area contributed by atoms with E-state index < -0.39 is 0 Å². The minimum Gasteiger partial charge on any atom is -0.308 e. The van der Waals surface area contributed by atoms with Crippen LogP contribution in [0.5, 0.6) is 0 Å². The fraction of sp³-hybridized carbons (Fsp3) is 0.400. The fourth-order valence-electron chi connectivity index (χ4n) is 2.12. The van der Waals surface area contributed by atoms with Crippen LogP contribution in [-0.2, 0) is 19.5 Å². The van der Waals surface area contributed by atoms with Crippen molar-refractivity contribution in [3.05, 3.63) is 53.6 Å². The largest absolute Gasteiger partial charge is 0.308 e. The van der Waals surface area contributed by atoms with E-state index in [1.54, 1.807) is 0 Å². The average molecular weight is 261 g/mol. The molecule has 102 valence electrons. The van der Waals surface area contributed by atoms with Gasteiger partial charge in [-0.3, -0.25) is 4.68 Å². The first-order valence-corrected chi connectivity index (χ1v) is 6.67. The van der Waals surface area contributed by atoms with Crippen LogP contribution in [-0.4, -0.2) is 15.8 Å². The van der Waals surface area contributed by atoms with E-state index in [1.165, 1.54) is 17.8 Å². The van der Waals surface area contributed by atoms with Crippen LogP contribution in [0.3, 0.4) is 0 Å². The van der Waals surface area contributed by atoms with E-state index in [0.29, 0.717) is 6.04 Å². The summed E-state index contributed by atoms with van der Waals surface area (Å²) < 4.78 is 14.8. The van der Waals surface area contributed by atoms with Gasteiger partial charge in [0.25, 0.3) is 0 Å². The van der Waals surface area contributed by atoms with Gasteiger partial charge >= 0.3 is 0 Å². The van der Waals surface area contributed by atoms with Gasteiger partial charge in [-0.15, -0.1) is 0 Å². The van der Waals surface area contributed by atoms with Gasteiger partial charge in [0.05, 0.1) is 5.69 Å². The Bertz CT molecular complexity index is 504. The maximum absolute atomic E-state index is 12.8. The molecule has 0 spiro atoms. The van der Waals surface area contributed by atoms with Crippen molar-refractivity contribution in [3.63, 3.8) is 0 Å². The van der Waals surface area contributed by atoms with Gasteiger partial charge in [-0.05, 0) is 44.0 Å². The quantitative estimate of drug-likeness (QED) is 0.866. The lowest BCUT2D eigenvalue weighted by Gasteiger charge is -2.14. The first-order valence-electron chi connectivity index (χ1n) is 6.67. The maximum Gasteiger partial charge on any atom is 0.123 e. The zero-order valence-corrected chi connectivity index (χ0v) is 11.4. The van der Waals surface area contributed by atoms with Crippen molar-refractivity contribution in [2.45, 2.75) is 39.4 Å². The number of halogens is 1. The Morgan fingerprint density at radius 2 is 2.00 bits per heavy atom. The van der Waals surface area contributed by atoms with Crippen LogP contribution in [0.1, 0.15) is 25.1 Å². The Hall–Kier alpha value is -1.68. The summed E-state index contributed by atoms with van der Waals surface area (Å²) in [7, 11) is 0. The van der Waals surface area contributed by atoms with Crippen LogP contribution in [0, 0.1) is 5.82 Å². The van der Waals surface area contributed by atoms with Crippen molar-refractivity contribution in [1.82, 2.24) is 15.1 Å². The normalized spacial score (nSPS) is 12.6. The fourth-order valence-corrected chi connectivity index (χ4v) is 2.12. The highest BCUT2D eigenvalue weighted by molar-refractivity contribution is 5.17. The molecule has 1 heterocycles. The van der Waals surface area contributed by atoms with Crippen LogP contribution in [0.25, 0.3) is 0 Å². The second-order valence-corrected chi connectivity index (χ2v) is 4.75. The van der Waals surface area contributed by atoms with Crippen molar-refractivity contribution in [1.29, 1.82) is 0 Å². The third kappa shape index (κ3) is 3.89. The number of aromatic nitrogens is 2. The molecule has 0 fully saturated rings. The van der Waals surface area contributed by atoms with E-state index in [0.717, 1.165) is 25.1 Å². The van der Waals surface area contributed by atoms with Gasteiger partial charge in [-0.1, -0.05) is 12.1 Å². The van der Waals surface area contributed by atoms with Crippen molar-refractivity contribution >= 4 is 0 Å². The number of benzene rings is 1. The number of rotatable bonds is 6. The van der Waals surface area contributed by atoms with Gasteiger partial charge < -0.3 is 5.32 Å². The summed E-state index contributed by atoms with van der Waals surface area (Å²) in [5.41, 5.74) is 2.33. The van der Waals surface area contributed by atoms with E-state index in [9.17, 15) is 4.39 Å². The minimum atomic E-state index is -0.184. The van der Waals surface area contributed by atoms with E-state index >= 15 is 0 Å². The Morgan fingerprint density at radius 3 is 2.68 bits per heavy atom. The highest BCUT2D eigenvalue weighted by Gasteiger charge is 2.06. The first-order chi connectivity index (χ1) is 9.19. The lowest BCUT2D eigenvalue weighted by atomic mass is 10.1. The molecule has 19 heavy (non-hydrogen) atoms. The molecule has 0 amide bonds. The first kappa shape index (κ1) is 13.7. The lowest BCUT2D eigenvalue weighted by molar-refractivity contribution is 0.514. The summed E-state index contributed by atoms with van der Waals surface area (Å²) in [5.74, 6) is -0.184. The van der Waals surface area contributed by atoms with Gasteiger partial charge in [-0.25, -0.2) is 4.39 Å². The molecule has 4 heteroatoms. The van der Waals surface area contributed by atoms with Gasteiger partial charge in [0.15, 0.2) is 0 Å². The van der Waals surface area contributed by atoms with Crippen LogP contribution < -0.4 is 5.32 Å². The van der Waals surface area contributed by atoms with Gasteiger partial charge in [-0.2, -0.15) is 5.10 Å². The number of hydrogen-bond acceptors (Lipinski definition) is 2. The van der Waals surface area contributed by atoms with Gasteiger partial charge in [0.1, 0.15) is 5.82 Å². The van der Waals surface area contributed by atoms with Gasteiger partial charge in [0.2, 0.25) is 0 Å². The second kappa shape index (κ2) is 6.48. The van der Waals surface area contributed by atoms with Crippen molar-refractivity contribution in [2.75, 3.05) is 0 Å². The molecule has 0 saturated heterocycles. The summed E-state index contributed by atoms with van der Waals surface area (Å²) in [6.07, 6.45) is 2.71. The molecular formula is C15H20FN3. The molecule has 2 aromatic rings. The molecule has 1 aromatic carbocycles. The van der Waals surface area contributed by atoms with Crippen LogP contribution in [0.15, 0.2) is 36.5 Å². The molecule has 1 atom stereocenters. The predicted octanol–water partition coefficient (Wildman–Crippen LogP) is 2.76. The Labute approximate surface area is 113 Å². The van der Waals surface area contributed by atoms with Crippen LogP contribution >= 0.6 is 0 Å². The molecule has 1 unspecified atom stereocenters. The topological polar surface area (TPSA) is 29.9 Å². The van der Waals surface area contributed by atoms with E-state index in [-0.39, 0.29) is 5.82 Å². The number of hydrogen-bond donors (Lipinski definition) is 1. The van der Waals surface area contributed by atoms with E-state index in [1.807, 2.05) is 29.1 Å². The standard InChI is InChI=1S/C15H20FN3/c1-3-19-15(8-9-18-19)11-17-12(2)10-13-4-6-14(16)7-5-13/h4-9,12,17H,3,10-11H2,1-2H3. The smallest absolute Gasteiger partial charge is 0.123 e. The molecule has 1 aromatic heterocycles. The molecule has 0 aliphatic carbocycles. The summed E-state index contributed by atoms with van der Waals surface area (Å²) in [5, 5.41) is 7.71. The molecule has 0 aliphatic heterocycles. The van der Waals surface area contributed by atoms with Gasteiger partial charge in [0, 0.05) is 25.3 Å². The van der Waals surface area contributed by atoms with E-state index in [2.05, 4.69) is 24.3 Å². The zero-order chi connectivity index (χ0) is 13.7. The maximum atomic E-state index is 12.8. The molecule has 0 aliphatic rings. The summed E-state index contributed by atoms with van der Waals surface area (Å²) in [6.45, 7) is 5.90. The SMILES string of the molecule is CCn1nccc1CNC(C)Cc1ccc(F)cc1. The highest BCUT2D eigenvalue weighted by atomic mass is 19.1. The molecule has 0 radical (unpaired) electrons. The number of aryl methyl sites for hydroxylation is 1. The predicted molar refractivity (Wildman–Crippen MR) is 74.3 cm³/mol. The van der Waals surface area contributed by atoms with Crippen LogP contribution in [0.2, 0.25) is 0 Å². The molecule has 0 saturated carbocycles. The highest BCUT2D eigenvalue weighted by Crippen LogP contribution is 2.06. The van der Waals surface area contributed by atoms with Crippen molar-refractivity contribution in [3.8, 4) is 0 Å². The number of nitrogens with one attached hydrogen (secondary N) is 1. The third-order valence-corrected chi connectivity index (χ3v) is 3.19. The van der Waals surface area contributed by atoms with E-state index in [4.69, 9.17) is 0 Å².